The minimum Gasteiger partial charge on any atom is -0.471 e. The fraction of sp³-hybridized carbons (Fsp3) is 0.675. The fourth-order valence-corrected chi connectivity index (χ4v) is 9.71. The first-order valence-corrected chi connectivity index (χ1v) is 21.7. The number of alkyl carbamates (subject to hydrolysis) is 1. The number of carbonyl (C=O) groups excluding carboxylic acids is 4. The number of nitriles is 1. The smallest absolute Gasteiger partial charge is 0.408 e. The number of benzene rings is 1. The van der Waals surface area contributed by atoms with Crippen LogP contribution < -0.4 is 20.1 Å². The summed E-state index contributed by atoms with van der Waals surface area (Å²) in [6, 6.07) is 3.14. The first-order chi connectivity index (χ1) is 28.0. The van der Waals surface area contributed by atoms with Gasteiger partial charge in [0, 0.05) is 12.3 Å². The average Bonchev–Trinajstić information content (AvgIpc) is 4.12. The number of hydrogen-bond donors (Lipinski definition) is 3. The zero-order chi connectivity index (χ0) is 43.7. The second kappa shape index (κ2) is 15.3. The molecule has 4 amide bonds. The zero-order valence-corrected chi connectivity index (χ0v) is 34.7. The molecule has 2 aliphatic heterocycles. The van der Waals surface area contributed by atoms with Crippen LogP contribution in [0.25, 0.3) is 11.0 Å². The number of amides is 4. The maximum atomic E-state index is 16.3. The molecular formula is C40H49F4N7O8S. The monoisotopic (exact) mass is 863 g/mol. The third-order valence-corrected chi connectivity index (χ3v) is 14.9. The average molecular weight is 864 g/mol. The van der Waals surface area contributed by atoms with E-state index in [1.807, 2.05) is 10.8 Å². The van der Waals surface area contributed by atoms with E-state index in [-0.39, 0.29) is 48.2 Å². The Balaban J connectivity index is 1.30. The standard InChI is InChI=1S/C40H49F4N7O8S/c1-6-22-27-19-51(28(22)32(52)49-39(17-23(39)31(41)42)35(54)50-60(56,57)38(5)13-14-38)34(53)30(37(2,3)4)48-36(55)59-26-16-21(26)9-7-8-12-40(43,44)29-33(58-27)47-25-15-20(18-45)10-11-24(25)46-29/h10-11,15,21-23,26-28,30-31H,6-9,12-14,16-17,19H2,1-5H3,(H,48,55)(H,49,52)(H,50,54)/t21?,22-,23+,26-,27+,28+,30-,39-/m1/s1. The highest BCUT2D eigenvalue weighted by Gasteiger charge is 2.68. The van der Waals surface area contributed by atoms with Crippen LogP contribution in [0.4, 0.5) is 22.4 Å². The maximum Gasteiger partial charge on any atom is 0.408 e. The Morgan fingerprint density at radius 3 is 2.42 bits per heavy atom. The largest absolute Gasteiger partial charge is 0.471 e. The van der Waals surface area contributed by atoms with Gasteiger partial charge in [0.2, 0.25) is 34.1 Å². The van der Waals surface area contributed by atoms with E-state index in [0.717, 1.165) is 4.90 Å². The predicted molar refractivity (Wildman–Crippen MR) is 205 cm³/mol. The highest BCUT2D eigenvalue weighted by Crippen LogP contribution is 2.50. The molecule has 3 saturated carbocycles. The second-order valence-electron chi connectivity index (χ2n) is 18.2. The van der Waals surface area contributed by atoms with Crippen LogP contribution in [0.15, 0.2) is 18.2 Å². The molecule has 3 aliphatic carbocycles. The highest BCUT2D eigenvalue weighted by molar-refractivity contribution is 7.91. The molecule has 1 aromatic heterocycles. The van der Waals surface area contributed by atoms with Crippen LogP contribution in [-0.4, -0.2) is 94.6 Å². The van der Waals surface area contributed by atoms with E-state index in [1.165, 1.54) is 25.1 Å². The summed E-state index contributed by atoms with van der Waals surface area (Å²) in [5.41, 5.74) is -3.90. The zero-order valence-electron chi connectivity index (χ0n) is 33.9. The summed E-state index contributed by atoms with van der Waals surface area (Å²) < 4.78 is 100.0. The van der Waals surface area contributed by atoms with Gasteiger partial charge in [0.25, 0.3) is 11.8 Å². The lowest BCUT2D eigenvalue weighted by Crippen LogP contribution is -2.61. The first-order valence-electron chi connectivity index (χ1n) is 20.3. The second-order valence-corrected chi connectivity index (χ2v) is 20.4. The lowest BCUT2D eigenvalue weighted by molar-refractivity contribution is -0.144. The number of aromatic nitrogens is 2. The number of carbonyl (C=O) groups is 4. The Kier molecular flexibility index (Phi) is 11.0. The van der Waals surface area contributed by atoms with Crippen LogP contribution in [0, 0.1) is 34.5 Å². The van der Waals surface area contributed by atoms with Crippen molar-refractivity contribution in [3.63, 3.8) is 0 Å². The summed E-state index contributed by atoms with van der Waals surface area (Å²) in [6.07, 6.45) is -5.13. The molecule has 5 aliphatic rings. The van der Waals surface area contributed by atoms with Crippen molar-refractivity contribution in [3.05, 3.63) is 29.5 Å². The number of nitrogens with one attached hydrogen (secondary N) is 3. The summed E-state index contributed by atoms with van der Waals surface area (Å²) in [6.45, 7) is 7.53. The van der Waals surface area contributed by atoms with Gasteiger partial charge in [0.1, 0.15) is 29.8 Å². The Hall–Kier alpha value is -4.80. The van der Waals surface area contributed by atoms with Gasteiger partial charge in [-0.15, -0.1) is 0 Å². The summed E-state index contributed by atoms with van der Waals surface area (Å²) >= 11 is 0. The number of hydrogen-bond acceptors (Lipinski definition) is 11. The van der Waals surface area contributed by atoms with E-state index in [0.29, 0.717) is 19.3 Å². The van der Waals surface area contributed by atoms with Crippen LogP contribution in [-0.2, 0) is 35.1 Å². The highest BCUT2D eigenvalue weighted by atomic mass is 32.2. The van der Waals surface area contributed by atoms with Gasteiger partial charge >= 0.3 is 6.09 Å². The SMILES string of the molecule is CC[C@@H]1[C@@H]2CN(C(=O)[C@H](C(C)(C)C)NC(=O)O[C@@H]3CC3CCCCC(F)(F)c3nc4ccc(C#N)cc4nc3O2)[C@@H]1C(=O)N[C@]1(C(=O)NS(=O)(=O)C2(C)CC2)C[C@H]1C(F)F. The van der Waals surface area contributed by atoms with E-state index < -0.39 is 129 Å². The van der Waals surface area contributed by atoms with E-state index in [9.17, 15) is 41.6 Å². The van der Waals surface area contributed by atoms with E-state index in [2.05, 4.69) is 20.6 Å². The number of fused-ring (bicyclic) bond motifs is 5. The predicted octanol–water partition coefficient (Wildman–Crippen LogP) is 4.82. The Morgan fingerprint density at radius 1 is 1.08 bits per heavy atom. The maximum absolute atomic E-state index is 16.3. The van der Waals surface area contributed by atoms with Crippen molar-refractivity contribution in [2.45, 2.75) is 139 Å². The van der Waals surface area contributed by atoms with Crippen LogP contribution in [0.3, 0.4) is 0 Å². The number of ether oxygens (including phenoxy) is 2. The normalized spacial score (nSPS) is 31.2. The lowest BCUT2D eigenvalue weighted by Gasteiger charge is -2.36. The Morgan fingerprint density at radius 2 is 1.80 bits per heavy atom. The summed E-state index contributed by atoms with van der Waals surface area (Å²) in [4.78, 5) is 66.1. The number of rotatable bonds is 7. The third kappa shape index (κ3) is 8.17. The Bertz CT molecular complexity index is 2250. The van der Waals surface area contributed by atoms with Gasteiger partial charge in [-0.05, 0) is 81.4 Å². The molecular weight excluding hydrogens is 815 g/mol. The molecule has 1 saturated heterocycles. The van der Waals surface area contributed by atoms with Gasteiger partial charge in [0.05, 0.1) is 39.9 Å². The molecule has 0 radical (unpaired) electrons. The molecule has 20 heteroatoms. The number of nitrogens with zero attached hydrogens (tertiary/aromatic N) is 4. The molecule has 0 spiro atoms. The van der Waals surface area contributed by atoms with E-state index in [4.69, 9.17) is 9.47 Å². The summed E-state index contributed by atoms with van der Waals surface area (Å²) in [5, 5.41) is 14.6. The fourth-order valence-electron chi connectivity index (χ4n) is 8.39. The molecule has 15 nitrogen and oxygen atoms in total. The van der Waals surface area contributed by atoms with Crippen LogP contribution in [0.1, 0.15) is 104 Å². The quantitative estimate of drug-likeness (QED) is 0.322. The first kappa shape index (κ1) is 43.3. The van der Waals surface area contributed by atoms with Crippen molar-refractivity contribution >= 4 is 44.9 Å². The van der Waals surface area contributed by atoms with Gasteiger partial charge in [-0.2, -0.15) is 14.0 Å². The molecule has 3 N–H and O–H groups in total. The summed E-state index contributed by atoms with van der Waals surface area (Å²) in [7, 11) is -4.32. The Labute approximate surface area is 344 Å². The van der Waals surface area contributed by atoms with E-state index in [1.54, 1.807) is 27.7 Å². The van der Waals surface area contributed by atoms with Crippen molar-refractivity contribution in [2.24, 2.45) is 23.2 Å². The molecule has 8 atom stereocenters. The molecule has 1 aromatic carbocycles. The van der Waals surface area contributed by atoms with Gasteiger partial charge in [-0.25, -0.2) is 32.0 Å². The minimum absolute atomic E-state index is 0.0286. The van der Waals surface area contributed by atoms with Crippen molar-refractivity contribution < 1.29 is 54.6 Å². The third-order valence-electron chi connectivity index (χ3n) is 12.7. The molecule has 2 aromatic rings. The topological polar surface area (TPSA) is 210 Å². The van der Waals surface area contributed by atoms with Crippen LogP contribution in [0.2, 0.25) is 0 Å². The van der Waals surface area contributed by atoms with Gasteiger partial charge in [0.15, 0.2) is 5.69 Å². The number of halogens is 4. The van der Waals surface area contributed by atoms with Crippen molar-refractivity contribution in [1.82, 2.24) is 30.2 Å². The van der Waals surface area contributed by atoms with Gasteiger partial charge in [-0.1, -0.05) is 34.1 Å². The van der Waals surface area contributed by atoms with Crippen LogP contribution >= 0.6 is 0 Å². The van der Waals surface area contributed by atoms with Gasteiger partial charge in [-0.3, -0.25) is 19.1 Å². The van der Waals surface area contributed by atoms with Crippen molar-refractivity contribution in [1.29, 1.82) is 5.26 Å². The number of sulfonamides is 1. The number of alkyl halides is 4. The molecule has 2 bridgehead atoms. The minimum atomic E-state index is -4.32. The molecule has 1 unspecified atom stereocenters. The van der Waals surface area contributed by atoms with Crippen molar-refractivity contribution in [3.8, 4) is 11.9 Å². The lowest BCUT2D eigenvalue weighted by atomic mass is 9.85. The molecule has 3 heterocycles. The van der Waals surface area contributed by atoms with Crippen molar-refractivity contribution in [2.75, 3.05) is 6.54 Å². The van der Waals surface area contributed by atoms with Crippen LogP contribution in [0.5, 0.6) is 5.88 Å². The van der Waals surface area contributed by atoms with Gasteiger partial charge < -0.3 is 25.0 Å². The molecule has 60 heavy (non-hydrogen) atoms. The molecule has 326 valence electrons. The molecule has 4 fully saturated rings. The van der Waals surface area contributed by atoms with E-state index >= 15 is 8.78 Å². The summed E-state index contributed by atoms with van der Waals surface area (Å²) in [5.74, 6) is -10.4. The molecule has 7 rings (SSSR count).